The molecule has 0 aromatic carbocycles. The summed E-state index contributed by atoms with van der Waals surface area (Å²) in [6.07, 6.45) is 1.56. The maximum absolute atomic E-state index is 11.3. The molecule has 1 amide bonds. The van der Waals surface area contributed by atoms with Gasteiger partial charge in [-0.1, -0.05) is 12.2 Å². The first-order valence-electron chi connectivity index (χ1n) is 4.49. The average molecular weight is 252 g/mol. The number of nitrogens with one attached hydrogen (secondary N) is 1. The molecule has 1 unspecified atom stereocenters. The fraction of sp³-hybridized carbons (Fsp3) is 0.750. The summed E-state index contributed by atoms with van der Waals surface area (Å²) in [5.74, 6) is -0.719. The van der Waals surface area contributed by atoms with Gasteiger partial charge in [-0.25, -0.2) is 8.42 Å². The maximum atomic E-state index is 11.3. The Kier molecular flexibility index (Phi) is 5.74. The van der Waals surface area contributed by atoms with E-state index in [1.54, 1.807) is 6.92 Å². The Hall–Kier alpha value is -0.690. The number of hydrogen-bond acceptors (Lipinski definition) is 4. The SMILES string of the molecule is CC(C(=O)NCCCS(C)(=O)=O)C(N)=S. The van der Waals surface area contributed by atoms with Crippen LogP contribution in [0.4, 0.5) is 0 Å². The van der Waals surface area contributed by atoms with Crippen LogP contribution in [-0.4, -0.2) is 37.9 Å². The quantitative estimate of drug-likeness (QED) is 0.489. The molecule has 0 aliphatic carbocycles. The number of thiocarbonyl (C=S) groups is 1. The first kappa shape index (κ1) is 14.3. The fourth-order valence-electron chi connectivity index (χ4n) is 0.828. The van der Waals surface area contributed by atoms with Gasteiger partial charge in [-0.3, -0.25) is 4.79 Å². The van der Waals surface area contributed by atoms with Crippen LogP contribution in [0.1, 0.15) is 13.3 Å². The number of carbonyl (C=O) groups is 1. The molecule has 0 aromatic heterocycles. The van der Waals surface area contributed by atoms with Crippen molar-refractivity contribution in [2.75, 3.05) is 18.6 Å². The van der Waals surface area contributed by atoms with Gasteiger partial charge in [-0.15, -0.1) is 0 Å². The Morgan fingerprint density at radius 3 is 2.47 bits per heavy atom. The molecule has 0 aliphatic rings. The van der Waals surface area contributed by atoms with Crippen LogP contribution in [0, 0.1) is 5.92 Å². The van der Waals surface area contributed by atoms with Gasteiger partial charge in [0.1, 0.15) is 9.84 Å². The normalized spacial score (nSPS) is 13.2. The van der Waals surface area contributed by atoms with E-state index in [-0.39, 0.29) is 16.6 Å². The summed E-state index contributed by atoms with van der Waals surface area (Å²) in [6.45, 7) is 1.92. The lowest BCUT2D eigenvalue weighted by Gasteiger charge is -2.09. The molecule has 0 fully saturated rings. The van der Waals surface area contributed by atoms with Gasteiger partial charge >= 0.3 is 0 Å². The van der Waals surface area contributed by atoms with Crippen LogP contribution >= 0.6 is 12.2 Å². The molecule has 0 bridgehead atoms. The van der Waals surface area contributed by atoms with E-state index in [1.807, 2.05) is 0 Å². The molecule has 3 N–H and O–H groups in total. The molecule has 15 heavy (non-hydrogen) atoms. The van der Waals surface area contributed by atoms with Crippen LogP contribution in [0.2, 0.25) is 0 Å². The van der Waals surface area contributed by atoms with E-state index < -0.39 is 15.8 Å². The number of sulfone groups is 1. The molecule has 0 saturated carbocycles. The summed E-state index contributed by atoms with van der Waals surface area (Å²) in [6, 6.07) is 0. The highest BCUT2D eigenvalue weighted by Crippen LogP contribution is 1.95. The highest BCUT2D eigenvalue weighted by atomic mass is 32.2. The van der Waals surface area contributed by atoms with Gasteiger partial charge in [0.2, 0.25) is 5.91 Å². The van der Waals surface area contributed by atoms with Crippen LogP contribution in [0.5, 0.6) is 0 Å². The van der Waals surface area contributed by atoms with Crippen LogP contribution in [0.15, 0.2) is 0 Å². The van der Waals surface area contributed by atoms with Gasteiger partial charge in [-0.2, -0.15) is 0 Å². The zero-order valence-electron chi connectivity index (χ0n) is 8.82. The molecule has 0 aliphatic heterocycles. The number of carbonyl (C=O) groups excluding carboxylic acids is 1. The van der Waals surface area contributed by atoms with Crippen LogP contribution < -0.4 is 11.1 Å². The molecule has 0 aromatic rings. The second-order valence-corrected chi connectivity index (χ2v) is 6.13. The van der Waals surface area contributed by atoms with E-state index in [0.29, 0.717) is 13.0 Å². The number of nitrogens with two attached hydrogens (primary N) is 1. The minimum atomic E-state index is -2.96. The topological polar surface area (TPSA) is 89.3 Å². The lowest BCUT2D eigenvalue weighted by atomic mass is 10.1. The van der Waals surface area contributed by atoms with E-state index in [4.69, 9.17) is 5.73 Å². The number of rotatable bonds is 6. The largest absolute Gasteiger partial charge is 0.393 e. The molecule has 5 nitrogen and oxygen atoms in total. The van der Waals surface area contributed by atoms with Crippen molar-refractivity contribution in [3.8, 4) is 0 Å². The van der Waals surface area contributed by atoms with E-state index in [9.17, 15) is 13.2 Å². The summed E-state index contributed by atoms with van der Waals surface area (Å²) in [4.78, 5) is 11.4. The minimum Gasteiger partial charge on any atom is -0.393 e. The third kappa shape index (κ3) is 7.26. The van der Waals surface area contributed by atoms with Crippen molar-refractivity contribution in [1.82, 2.24) is 5.32 Å². The standard InChI is InChI=1S/C8H16N2O3S2/c1-6(7(9)14)8(11)10-4-3-5-15(2,12)13/h6H,3-5H2,1-2H3,(H2,9,14)(H,10,11). The first-order chi connectivity index (χ1) is 6.74. The van der Waals surface area contributed by atoms with Crippen molar-refractivity contribution >= 4 is 33.0 Å². The predicted octanol–water partition coefficient (Wildman–Crippen LogP) is -0.540. The summed E-state index contributed by atoms with van der Waals surface area (Å²) < 4.78 is 21.5. The minimum absolute atomic E-state index is 0.0642. The lowest BCUT2D eigenvalue weighted by molar-refractivity contribution is -0.122. The fourth-order valence-corrected chi connectivity index (χ4v) is 1.60. The second-order valence-electron chi connectivity index (χ2n) is 3.40. The van der Waals surface area contributed by atoms with Gasteiger partial charge in [-0.05, 0) is 13.3 Å². The predicted molar refractivity (Wildman–Crippen MR) is 63.3 cm³/mol. The third-order valence-corrected chi connectivity index (χ3v) is 3.20. The molecule has 0 rings (SSSR count). The van der Waals surface area contributed by atoms with Crippen LogP contribution in [0.25, 0.3) is 0 Å². The van der Waals surface area contributed by atoms with Gasteiger partial charge in [0, 0.05) is 12.8 Å². The molecule has 88 valence electrons. The number of hydrogen-bond donors (Lipinski definition) is 2. The Balaban J connectivity index is 3.79. The van der Waals surface area contributed by atoms with Gasteiger partial charge in [0.15, 0.2) is 0 Å². The van der Waals surface area contributed by atoms with Crippen molar-refractivity contribution in [2.24, 2.45) is 11.7 Å². The first-order valence-corrected chi connectivity index (χ1v) is 6.95. The molecule has 7 heteroatoms. The van der Waals surface area contributed by atoms with Crippen molar-refractivity contribution < 1.29 is 13.2 Å². The highest BCUT2D eigenvalue weighted by molar-refractivity contribution is 7.90. The molecular weight excluding hydrogens is 236 g/mol. The molecular formula is C8H16N2O3S2. The zero-order valence-corrected chi connectivity index (χ0v) is 10.5. The van der Waals surface area contributed by atoms with E-state index in [1.165, 1.54) is 0 Å². The van der Waals surface area contributed by atoms with Crippen molar-refractivity contribution in [3.05, 3.63) is 0 Å². The van der Waals surface area contributed by atoms with Crippen molar-refractivity contribution in [2.45, 2.75) is 13.3 Å². The third-order valence-electron chi connectivity index (χ3n) is 1.81. The maximum Gasteiger partial charge on any atom is 0.229 e. The summed E-state index contributed by atoms with van der Waals surface area (Å²) in [5.41, 5.74) is 5.29. The lowest BCUT2D eigenvalue weighted by Crippen LogP contribution is -2.36. The molecule has 0 radical (unpaired) electrons. The smallest absolute Gasteiger partial charge is 0.229 e. The molecule has 0 heterocycles. The zero-order chi connectivity index (χ0) is 12.1. The van der Waals surface area contributed by atoms with Crippen molar-refractivity contribution in [3.63, 3.8) is 0 Å². The van der Waals surface area contributed by atoms with Crippen LogP contribution in [0.3, 0.4) is 0 Å². The monoisotopic (exact) mass is 252 g/mol. The van der Waals surface area contributed by atoms with E-state index in [0.717, 1.165) is 6.26 Å². The van der Waals surface area contributed by atoms with E-state index >= 15 is 0 Å². The second kappa shape index (κ2) is 6.02. The Bertz CT molecular complexity index is 338. The molecule has 0 saturated heterocycles. The summed E-state index contributed by atoms with van der Waals surface area (Å²) in [7, 11) is -2.96. The Labute approximate surface area is 95.3 Å². The summed E-state index contributed by atoms with van der Waals surface area (Å²) >= 11 is 4.65. The van der Waals surface area contributed by atoms with Gasteiger partial charge in [0.25, 0.3) is 0 Å². The molecule has 0 spiro atoms. The van der Waals surface area contributed by atoms with Gasteiger partial charge in [0.05, 0.1) is 16.7 Å². The van der Waals surface area contributed by atoms with E-state index in [2.05, 4.69) is 17.5 Å². The molecule has 1 atom stereocenters. The van der Waals surface area contributed by atoms with Crippen LogP contribution in [-0.2, 0) is 14.6 Å². The van der Waals surface area contributed by atoms with Crippen molar-refractivity contribution in [1.29, 1.82) is 0 Å². The Morgan fingerprint density at radius 1 is 1.53 bits per heavy atom. The number of amides is 1. The Morgan fingerprint density at radius 2 is 2.07 bits per heavy atom. The summed E-state index contributed by atoms with van der Waals surface area (Å²) in [5, 5.41) is 2.57. The highest BCUT2D eigenvalue weighted by Gasteiger charge is 2.14. The van der Waals surface area contributed by atoms with Gasteiger partial charge < -0.3 is 11.1 Å². The average Bonchev–Trinajstić information content (AvgIpc) is 2.09.